The minimum absolute atomic E-state index is 0.0633. The van der Waals surface area contributed by atoms with E-state index in [1.165, 1.54) is 17.0 Å². The van der Waals surface area contributed by atoms with Crippen LogP contribution in [0.1, 0.15) is 21.8 Å². The summed E-state index contributed by atoms with van der Waals surface area (Å²) in [4.78, 5) is 13.9. The van der Waals surface area contributed by atoms with Crippen molar-refractivity contribution in [3.8, 4) is 0 Å². The van der Waals surface area contributed by atoms with Gasteiger partial charge in [-0.15, -0.1) is 0 Å². The van der Waals surface area contributed by atoms with Crippen LogP contribution in [0.5, 0.6) is 0 Å². The van der Waals surface area contributed by atoms with Crippen LogP contribution in [0.25, 0.3) is 0 Å². The molecular formula is C15H15FN2O4S. The first-order valence-electron chi connectivity index (χ1n) is 7.02. The molecule has 0 unspecified atom stereocenters. The molecule has 0 bridgehead atoms. The molecule has 0 saturated carbocycles. The van der Waals surface area contributed by atoms with Gasteiger partial charge < -0.3 is 9.42 Å². The second-order valence-corrected chi connectivity index (χ2v) is 7.76. The van der Waals surface area contributed by atoms with Gasteiger partial charge in [-0.25, -0.2) is 12.8 Å². The molecule has 0 atom stereocenters. The molecule has 1 aromatic carbocycles. The summed E-state index contributed by atoms with van der Waals surface area (Å²) >= 11 is 0. The lowest BCUT2D eigenvalue weighted by atomic mass is 10.1. The summed E-state index contributed by atoms with van der Waals surface area (Å²) in [5.41, 5.74) is 0.861. The van der Waals surface area contributed by atoms with E-state index >= 15 is 0 Å². The maximum absolute atomic E-state index is 12.9. The lowest BCUT2D eigenvalue weighted by Crippen LogP contribution is -2.57. The molecule has 0 radical (unpaired) electrons. The zero-order valence-corrected chi connectivity index (χ0v) is 13.4. The topological polar surface area (TPSA) is 80.5 Å². The Kier molecular flexibility index (Phi) is 3.71. The van der Waals surface area contributed by atoms with E-state index in [1.807, 2.05) is 0 Å². The first-order valence-corrected chi connectivity index (χ1v) is 8.57. The predicted molar refractivity (Wildman–Crippen MR) is 79.3 cm³/mol. The van der Waals surface area contributed by atoms with Gasteiger partial charge in [0.2, 0.25) is 0 Å². The van der Waals surface area contributed by atoms with Crippen molar-refractivity contribution in [1.82, 2.24) is 10.1 Å². The van der Waals surface area contributed by atoms with Crippen molar-refractivity contribution in [2.75, 3.05) is 13.1 Å². The third kappa shape index (κ3) is 2.63. The Morgan fingerprint density at radius 1 is 1.26 bits per heavy atom. The second kappa shape index (κ2) is 5.45. The van der Waals surface area contributed by atoms with Crippen molar-refractivity contribution < 1.29 is 22.1 Å². The fourth-order valence-electron chi connectivity index (χ4n) is 2.56. The summed E-state index contributed by atoms with van der Waals surface area (Å²) in [7, 11) is -3.57. The molecule has 0 aliphatic carbocycles. The predicted octanol–water partition coefficient (Wildman–Crippen LogP) is 1.73. The number of carbonyl (C=O) groups is 1. The molecule has 6 nitrogen and oxygen atoms in total. The van der Waals surface area contributed by atoms with Crippen molar-refractivity contribution in [2.24, 2.45) is 0 Å². The summed E-state index contributed by atoms with van der Waals surface area (Å²) in [6.07, 6.45) is 0. The molecule has 1 aliphatic heterocycles. The quantitative estimate of drug-likeness (QED) is 0.796. The highest BCUT2D eigenvalue weighted by molar-refractivity contribution is 7.92. The summed E-state index contributed by atoms with van der Waals surface area (Å²) in [6, 6.07) is 4.70. The summed E-state index contributed by atoms with van der Waals surface area (Å²) < 4.78 is 42.7. The molecular weight excluding hydrogens is 323 g/mol. The fraction of sp³-hybridized carbons (Fsp3) is 0.333. The molecule has 1 aliphatic rings. The van der Waals surface area contributed by atoms with Gasteiger partial charge in [0.25, 0.3) is 5.91 Å². The van der Waals surface area contributed by atoms with Crippen LogP contribution in [0.2, 0.25) is 0 Å². The Balaban J connectivity index is 1.74. The summed E-state index contributed by atoms with van der Waals surface area (Å²) in [6.45, 7) is 3.50. The van der Waals surface area contributed by atoms with Crippen molar-refractivity contribution in [1.29, 1.82) is 0 Å². The zero-order chi connectivity index (χ0) is 16.8. The number of rotatable bonds is 3. The number of likely N-dealkylation sites (tertiary alicyclic amines) is 1. The van der Waals surface area contributed by atoms with Crippen LogP contribution < -0.4 is 0 Å². The first kappa shape index (κ1) is 15.7. The maximum Gasteiger partial charge on any atom is 0.259 e. The first-order chi connectivity index (χ1) is 10.8. The largest absolute Gasteiger partial charge is 0.361 e. The Morgan fingerprint density at radius 2 is 1.87 bits per heavy atom. The molecule has 1 amide bonds. The van der Waals surface area contributed by atoms with E-state index in [0.717, 1.165) is 12.1 Å². The van der Waals surface area contributed by atoms with E-state index in [2.05, 4.69) is 5.16 Å². The van der Waals surface area contributed by atoms with E-state index in [1.54, 1.807) is 13.8 Å². The number of carbonyl (C=O) groups excluding carboxylic acids is 1. The number of aromatic nitrogens is 1. The molecule has 122 valence electrons. The van der Waals surface area contributed by atoms with Gasteiger partial charge in [-0.1, -0.05) is 5.16 Å². The molecule has 2 aromatic rings. The third-order valence-corrected chi connectivity index (χ3v) is 6.07. The normalized spacial score (nSPS) is 15.5. The van der Waals surface area contributed by atoms with Crippen molar-refractivity contribution in [3.05, 3.63) is 47.1 Å². The highest BCUT2D eigenvalue weighted by atomic mass is 32.2. The Morgan fingerprint density at radius 3 is 2.39 bits per heavy atom. The number of nitrogens with zero attached hydrogens (tertiary/aromatic N) is 2. The Labute approximate surface area is 132 Å². The van der Waals surface area contributed by atoms with Gasteiger partial charge in [0.15, 0.2) is 9.84 Å². The zero-order valence-electron chi connectivity index (χ0n) is 12.6. The average Bonchev–Trinajstić information content (AvgIpc) is 2.76. The van der Waals surface area contributed by atoms with Gasteiger partial charge in [-0.3, -0.25) is 4.79 Å². The van der Waals surface area contributed by atoms with Crippen molar-refractivity contribution >= 4 is 15.7 Å². The third-order valence-electron chi connectivity index (χ3n) is 3.96. The van der Waals surface area contributed by atoms with Crippen LogP contribution >= 0.6 is 0 Å². The van der Waals surface area contributed by atoms with Crippen LogP contribution in [0, 0.1) is 19.7 Å². The molecule has 23 heavy (non-hydrogen) atoms. The van der Waals surface area contributed by atoms with Gasteiger partial charge in [0.1, 0.15) is 22.4 Å². The van der Waals surface area contributed by atoms with Crippen LogP contribution in [-0.2, 0) is 9.84 Å². The van der Waals surface area contributed by atoms with Gasteiger partial charge in [-0.05, 0) is 38.1 Å². The number of hydrogen-bond donors (Lipinski definition) is 0. The van der Waals surface area contributed by atoms with Crippen LogP contribution in [0.4, 0.5) is 4.39 Å². The Bertz CT molecular complexity index is 833. The van der Waals surface area contributed by atoms with Crippen LogP contribution in [0.3, 0.4) is 0 Å². The molecule has 2 heterocycles. The maximum atomic E-state index is 12.9. The molecule has 1 saturated heterocycles. The van der Waals surface area contributed by atoms with Crippen LogP contribution in [0.15, 0.2) is 33.7 Å². The number of aryl methyl sites for hydroxylation is 2. The number of halogens is 1. The monoisotopic (exact) mass is 338 g/mol. The molecule has 0 N–H and O–H groups in total. The van der Waals surface area contributed by atoms with Crippen LogP contribution in [-0.4, -0.2) is 42.7 Å². The minimum Gasteiger partial charge on any atom is -0.361 e. The highest BCUT2D eigenvalue weighted by Crippen LogP contribution is 2.26. The summed E-state index contributed by atoms with van der Waals surface area (Å²) in [5.74, 6) is -0.364. The van der Waals surface area contributed by atoms with Gasteiger partial charge in [0, 0.05) is 13.1 Å². The number of sulfone groups is 1. The van der Waals surface area contributed by atoms with E-state index in [4.69, 9.17) is 4.52 Å². The number of hydrogen-bond acceptors (Lipinski definition) is 5. The van der Waals surface area contributed by atoms with E-state index < -0.39 is 20.9 Å². The smallest absolute Gasteiger partial charge is 0.259 e. The standard InChI is InChI=1S/C15H15FN2O4S/c1-9-14(10(2)22-17-9)15(19)18-7-13(8-18)23(20,21)12-5-3-11(16)4-6-12/h3-6,13H,7-8H2,1-2H3. The molecule has 3 rings (SSSR count). The fourth-order valence-corrected chi connectivity index (χ4v) is 4.22. The van der Waals surface area contributed by atoms with Crippen molar-refractivity contribution in [2.45, 2.75) is 24.0 Å². The highest BCUT2D eigenvalue weighted by Gasteiger charge is 2.41. The van der Waals surface area contributed by atoms with Gasteiger partial charge in [0.05, 0.1) is 10.6 Å². The molecule has 1 fully saturated rings. The lowest BCUT2D eigenvalue weighted by Gasteiger charge is -2.38. The van der Waals surface area contributed by atoms with Crippen molar-refractivity contribution in [3.63, 3.8) is 0 Å². The molecule has 8 heteroatoms. The SMILES string of the molecule is Cc1noc(C)c1C(=O)N1CC(S(=O)(=O)c2ccc(F)cc2)C1. The summed E-state index contributed by atoms with van der Waals surface area (Å²) in [5, 5.41) is 3.04. The molecule has 1 aromatic heterocycles. The number of amides is 1. The minimum atomic E-state index is -3.57. The van der Waals surface area contributed by atoms with E-state index in [-0.39, 0.29) is 23.9 Å². The lowest BCUT2D eigenvalue weighted by molar-refractivity contribution is 0.0656. The molecule has 0 spiro atoms. The average molecular weight is 338 g/mol. The Hall–Kier alpha value is -2.22. The van der Waals surface area contributed by atoms with Gasteiger partial charge in [-0.2, -0.15) is 0 Å². The number of benzene rings is 1. The van der Waals surface area contributed by atoms with Gasteiger partial charge >= 0.3 is 0 Å². The van der Waals surface area contributed by atoms with E-state index in [9.17, 15) is 17.6 Å². The second-order valence-electron chi connectivity index (χ2n) is 5.53. The van der Waals surface area contributed by atoms with E-state index in [0.29, 0.717) is 17.0 Å².